The minimum atomic E-state index is -4.26. The summed E-state index contributed by atoms with van der Waals surface area (Å²) in [6, 6.07) is 5.79. The van der Waals surface area contributed by atoms with E-state index in [0.717, 1.165) is 16.9 Å². The van der Waals surface area contributed by atoms with Gasteiger partial charge in [-0.05, 0) is 25.5 Å². The number of halogens is 3. The lowest BCUT2D eigenvalue weighted by Crippen LogP contribution is -2.18. The maximum atomic E-state index is 11.8. The van der Waals surface area contributed by atoms with Gasteiger partial charge in [0, 0.05) is 6.42 Å². The minimum Gasteiger partial charge on any atom is -0.493 e. The summed E-state index contributed by atoms with van der Waals surface area (Å²) in [7, 11) is 0. The summed E-state index contributed by atoms with van der Waals surface area (Å²) in [5, 5.41) is 0. The van der Waals surface area contributed by atoms with Crippen LogP contribution in [0.2, 0.25) is 0 Å². The standard InChI is InChI=1S/C13H17F3O2/c1-10-4-5-12(11(2)8-10)18-7-3-6-17-9-13(14,15)16/h4-5,8H,3,6-7,9H2,1-2H3. The summed E-state index contributed by atoms with van der Waals surface area (Å²) in [5.41, 5.74) is 2.17. The molecule has 1 rings (SSSR count). The highest BCUT2D eigenvalue weighted by molar-refractivity contribution is 5.35. The molecule has 0 N–H and O–H groups in total. The van der Waals surface area contributed by atoms with Crippen LogP contribution in [0.5, 0.6) is 5.75 Å². The summed E-state index contributed by atoms with van der Waals surface area (Å²) < 4.78 is 45.2. The van der Waals surface area contributed by atoms with Crippen molar-refractivity contribution in [3.8, 4) is 5.75 Å². The van der Waals surface area contributed by atoms with E-state index >= 15 is 0 Å². The van der Waals surface area contributed by atoms with Gasteiger partial charge in [-0.25, -0.2) is 0 Å². The van der Waals surface area contributed by atoms with Gasteiger partial charge in [-0.2, -0.15) is 13.2 Å². The first-order valence-corrected chi connectivity index (χ1v) is 5.73. The van der Waals surface area contributed by atoms with Gasteiger partial charge >= 0.3 is 6.18 Å². The zero-order chi connectivity index (χ0) is 13.6. The van der Waals surface area contributed by atoms with Crippen LogP contribution in [0.15, 0.2) is 18.2 Å². The normalized spacial score (nSPS) is 11.6. The number of hydrogen-bond donors (Lipinski definition) is 0. The average Bonchev–Trinajstić information content (AvgIpc) is 2.24. The average molecular weight is 262 g/mol. The van der Waals surface area contributed by atoms with Crippen LogP contribution >= 0.6 is 0 Å². The molecule has 0 atom stereocenters. The number of aryl methyl sites for hydroxylation is 2. The van der Waals surface area contributed by atoms with Gasteiger partial charge in [0.25, 0.3) is 0 Å². The molecule has 0 saturated heterocycles. The molecule has 0 bridgehead atoms. The predicted octanol–water partition coefficient (Wildman–Crippen LogP) is 3.65. The van der Waals surface area contributed by atoms with Crippen LogP contribution in [0, 0.1) is 13.8 Å². The van der Waals surface area contributed by atoms with E-state index in [2.05, 4.69) is 4.74 Å². The lowest BCUT2D eigenvalue weighted by molar-refractivity contribution is -0.174. The van der Waals surface area contributed by atoms with Crippen molar-refractivity contribution in [1.82, 2.24) is 0 Å². The lowest BCUT2D eigenvalue weighted by Gasteiger charge is -2.10. The van der Waals surface area contributed by atoms with E-state index in [4.69, 9.17) is 4.74 Å². The van der Waals surface area contributed by atoms with Crippen LogP contribution in [0.25, 0.3) is 0 Å². The van der Waals surface area contributed by atoms with Crippen LogP contribution in [0.3, 0.4) is 0 Å². The maximum Gasteiger partial charge on any atom is 0.411 e. The largest absolute Gasteiger partial charge is 0.493 e. The van der Waals surface area contributed by atoms with Crippen molar-refractivity contribution in [3.05, 3.63) is 29.3 Å². The summed E-state index contributed by atoms with van der Waals surface area (Å²) in [6.07, 6.45) is -3.82. The van der Waals surface area contributed by atoms with E-state index in [0.29, 0.717) is 13.0 Å². The molecule has 0 radical (unpaired) electrons. The van der Waals surface area contributed by atoms with Crippen molar-refractivity contribution < 1.29 is 22.6 Å². The number of ether oxygens (including phenoxy) is 2. The van der Waals surface area contributed by atoms with Gasteiger partial charge in [0.15, 0.2) is 0 Å². The molecule has 0 aliphatic rings. The van der Waals surface area contributed by atoms with Crippen molar-refractivity contribution in [2.75, 3.05) is 19.8 Å². The molecule has 0 amide bonds. The molecule has 0 aliphatic carbocycles. The van der Waals surface area contributed by atoms with Gasteiger partial charge in [0.1, 0.15) is 12.4 Å². The highest BCUT2D eigenvalue weighted by Gasteiger charge is 2.27. The molecular formula is C13H17F3O2. The van der Waals surface area contributed by atoms with E-state index in [9.17, 15) is 13.2 Å². The zero-order valence-corrected chi connectivity index (χ0v) is 10.5. The molecule has 0 fully saturated rings. The zero-order valence-electron chi connectivity index (χ0n) is 10.5. The molecule has 0 aromatic heterocycles. The number of alkyl halides is 3. The molecule has 18 heavy (non-hydrogen) atoms. The fourth-order valence-electron chi connectivity index (χ4n) is 1.49. The summed E-state index contributed by atoms with van der Waals surface area (Å²) in [6.45, 7) is 3.12. The second kappa shape index (κ2) is 6.64. The Hall–Kier alpha value is -1.23. The van der Waals surface area contributed by atoms with Crippen LogP contribution in [-0.4, -0.2) is 26.0 Å². The Balaban J connectivity index is 2.18. The fourth-order valence-corrected chi connectivity index (χ4v) is 1.49. The van der Waals surface area contributed by atoms with Gasteiger partial charge in [-0.1, -0.05) is 17.7 Å². The Labute approximate surface area is 105 Å². The molecule has 0 heterocycles. The molecule has 0 saturated carbocycles. The van der Waals surface area contributed by atoms with Crippen LogP contribution in [0.4, 0.5) is 13.2 Å². The Morgan fingerprint density at radius 3 is 2.44 bits per heavy atom. The second-order valence-electron chi connectivity index (χ2n) is 4.14. The summed E-state index contributed by atoms with van der Waals surface area (Å²) >= 11 is 0. The van der Waals surface area contributed by atoms with Gasteiger partial charge in [0.2, 0.25) is 0 Å². The minimum absolute atomic E-state index is 0.0461. The van der Waals surface area contributed by atoms with Gasteiger partial charge < -0.3 is 9.47 Å². The fraction of sp³-hybridized carbons (Fsp3) is 0.538. The molecule has 1 aromatic carbocycles. The predicted molar refractivity (Wildman–Crippen MR) is 62.9 cm³/mol. The quantitative estimate of drug-likeness (QED) is 0.728. The smallest absolute Gasteiger partial charge is 0.411 e. The number of hydrogen-bond acceptors (Lipinski definition) is 2. The third kappa shape index (κ3) is 5.91. The highest BCUT2D eigenvalue weighted by Crippen LogP contribution is 2.19. The first kappa shape index (κ1) is 14.8. The molecule has 1 aromatic rings. The summed E-state index contributed by atoms with van der Waals surface area (Å²) in [4.78, 5) is 0. The second-order valence-corrected chi connectivity index (χ2v) is 4.14. The molecule has 0 spiro atoms. The molecule has 0 aliphatic heterocycles. The van der Waals surface area contributed by atoms with Crippen molar-refractivity contribution in [2.45, 2.75) is 26.4 Å². The van der Waals surface area contributed by atoms with E-state index in [1.807, 2.05) is 32.0 Å². The molecule has 2 nitrogen and oxygen atoms in total. The third-order valence-electron chi connectivity index (χ3n) is 2.29. The topological polar surface area (TPSA) is 18.5 Å². The number of benzene rings is 1. The number of rotatable bonds is 6. The van der Waals surface area contributed by atoms with Crippen molar-refractivity contribution in [2.24, 2.45) is 0 Å². The Kier molecular flexibility index (Phi) is 5.47. The molecule has 5 heteroatoms. The molecule has 0 unspecified atom stereocenters. The van der Waals surface area contributed by atoms with Crippen LogP contribution < -0.4 is 4.74 Å². The monoisotopic (exact) mass is 262 g/mol. The SMILES string of the molecule is Cc1ccc(OCCCOCC(F)(F)F)c(C)c1. The third-order valence-corrected chi connectivity index (χ3v) is 2.29. The Morgan fingerprint density at radius 1 is 1.11 bits per heavy atom. The van der Waals surface area contributed by atoms with Crippen LogP contribution in [0.1, 0.15) is 17.5 Å². The van der Waals surface area contributed by atoms with Crippen molar-refractivity contribution in [1.29, 1.82) is 0 Å². The Bertz CT molecular complexity index is 375. The Morgan fingerprint density at radius 2 is 1.83 bits per heavy atom. The van der Waals surface area contributed by atoms with Gasteiger partial charge in [0.05, 0.1) is 13.2 Å². The highest BCUT2D eigenvalue weighted by atomic mass is 19.4. The van der Waals surface area contributed by atoms with Crippen molar-refractivity contribution in [3.63, 3.8) is 0 Å². The molecule has 102 valence electrons. The van der Waals surface area contributed by atoms with E-state index in [1.54, 1.807) is 0 Å². The molecular weight excluding hydrogens is 245 g/mol. The maximum absolute atomic E-state index is 11.8. The van der Waals surface area contributed by atoms with E-state index < -0.39 is 12.8 Å². The van der Waals surface area contributed by atoms with Gasteiger partial charge in [-0.3, -0.25) is 0 Å². The first-order valence-electron chi connectivity index (χ1n) is 5.73. The summed E-state index contributed by atoms with van der Waals surface area (Å²) in [5.74, 6) is 0.761. The first-order chi connectivity index (χ1) is 8.38. The van der Waals surface area contributed by atoms with E-state index in [-0.39, 0.29) is 6.61 Å². The van der Waals surface area contributed by atoms with Gasteiger partial charge in [-0.15, -0.1) is 0 Å². The lowest BCUT2D eigenvalue weighted by atomic mass is 10.1. The van der Waals surface area contributed by atoms with E-state index in [1.165, 1.54) is 0 Å². The van der Waals surface area contributed by atoms with Crippen LogP contribution in [-0.2, 0) is 4.74 Å². The van der Waals surface area contributed by atoms with Crippen molar-refractivity contribution >= 4 is 0 Å².